The van der Waals surface area contributed by atoms with Crippen LogP contribution in [0.15, 0.2) is 18.3 Å². The molecule has 116 valence electrons. The lowest BCUT2D eigenvalue weighted by Gasteiger charge is -2.16. The molecule has 0 bridgehead atoms. The van der Waals surface area contributed by atoms with Crippen LogP contribution in [0.4, 0.5) is 0 Å². The zero-order valence-corrected chi connectivity index (χ0v) is 11.9. The molecule has 1 aromatic rings. The normalized spacial score (nSPS) is 17.5. The van der Waals surface area contributed by atoms with Crippen molar-refractivity contribution in [2.75, 3.05) is 20.3 Å². The Morgan fingerprint density at radius 1 is 1.57 bits per heavy atom. The number of pyridine rings is 1. The predicted molar refractivity (Wildman–Crippen MR) is 75.7 cm³/mol. The van der Waals surface area contributed by atoms with E-state index >= 15 is 0 Å². The van der Waals surface area contributed by atoms with Crippen molar-refractivity contribution in [1.29, 1.82) is 5.41 Å². The first-order valence-corrected chi connectivity index (χ1v) is 6.60. The Bertz CT molecular complexity index is 472. The van der Waals surface area contributed by atoms with Gasteiger partial charge in [-0.05, 0) is 31.4 Å². The van der Waals surface area contributed by atoms with Gasteiger partial charge in [-0.2, -0.15) is 0 Å². The Kier molecular flexibility index (Phi) is 7.52. The van der Waals surface area contributed by atoms with Crippen molar-refractivity contribution in [3.05, 3.63) is 29.6 Å². The monoisotopic (exact) mass is 296 g/mol. The van der Waals surface area contributed by atoms with Gasteiger partial charge in [0, 0.05) is 19.9 Å². The zero-order valence-electron chi connectivity index (χ0n) is 11.9. The second-order valence-corrected chi connectivity index (χ2v) is 4.47. The van der Waals surface area contributed by atoms with Gasteiger partial charge >= 0.3 is 5.97 Å². The van der Waals surface area contributed by atoms with Crippen LogP contribution in [0.2, 0.25) is 0 Å². The molecule has 1 unspecified atom stereocenters. The van der Waals surface area contributed by atoms with Gasteiger partial charge in [0.25, 0.3) is 0 Å². The van der Waals surface area contributed by atoms with Crippen molar-refractivity contribution in [2.24, 2.45) is 0 Å². The molecule has 0 amide bonds. The fourth-order valence-corrected chi connectivity index (χ4v) is 1.67. The van der Waals surface area contributed by atoms with Crippen LogP contribution in [-0.2, 0) is 9.47 Å². The number of hydrogen-bond acceptors (Lipinski definition) is 6. The molecule has 0 aliphatic carbocycles. The topological polar surface area (TPSA) is 113 Å². The molecule has 0 aromatic carbocycles. The quantitative estimate of drug-likeness (QED) is 0.722. The number of hydrogen-bond donors (Lipinski definition) is 3. The van der Waals surface area contributed by atoms with Crippen LogP contribution in [0, 0.1) is 5.41 Å². The second-order valence-electron chi connectivity index (χ2n) is 4.47. The average molecular weight is 296 g/mol. The van der Waals surface area contributed by atoms with E-state index in [-0.39, 0.29) is 17.9 Å². The standard InChI is InChI=1S/C9H10N2O3.C5H10O2/c1-14-5-7(10)8-4-6(9(12)13)2-3-11-8;6-5-3-1-2-4-7-5/h2-4,10H,5H2,1H3,(H,12,13);5-6H,1-4H2. The third kappa shape index (κ3) is 6.44. The highest BCUT2D eigenvalue weighted by atomic mass is 16.6. The van der Waals surface area contributed by atoms with Crippen molar-refractivity contribution in [2.45, 2.75) is 25.6 Å². The number of carboxylic acids is 1. The SMILES string of the molecule is COCC(=N)c1cc(C(=O)O)ccn1.OC1CCCCO1. The molecule has 1 aliphatic rings. The van der Waals surface area contributed by atoms with Gasteiger partial charge in [0.05, 0.1) is 23.6 Å². The molecule has 2 rings (SSSR count). The molecule has 1 aliphatic heterocycles. The summed E-state index contributed by atoms with van der Waals surface area (Å²) in [6.07, 6.45) is 3.94. The molecule has 0 saturated carbocycles. The summed E-state index contributed by atoms with van der Waals surface area (Å²) >= 11 is 0. The van der Waals surface area contributed by atoms with E-state index in [0.717, 1.165) is 25.9 Å². The summed E-state index contributed by atoms with van der Waals surface area (Å²) in [5.74, 6) is -1.03. The number of aromatic nitrogens is 1. The molecule has 1 fully saturated rings. The van der Waals surface area contributed by atoms with Crippen LogP contribution >= 0.6 is 0 Å². The molecular formula is C14H20N2O5. The van der Waals surface area contributed by atoms with E-state index in [0.29, 0.717) is 5.69 Å². The van der Waals surface area contributed by atoms with Gasteiger partial charge in [-0.1, -0.05) is 0 Å². The Hall–Kier alpha value is -1.83. The highest BCUT2D eigenvalue weighted by molar-refractivity contribution is 5.99. The van der Waals surface area contributed by atoms with Crippen molar-refractivity contribution in [3.63, 3.8) is 0 Å². The summed E-state index contributed by atoms with van der Waals surface area (Å²) in [6, 6.07) is 2.73. The fourth-order valence-electron chi connectivity index (χ4n) is 1.67. The maximum absolute atomic E-state index is 10.6. The van der Waals surface area contributed by atoms with Crippen LogP contribution in [0.5, 0.6) is 0 Å². The van der Waals surface area contributed by atoms with Gasteiger partial charge in [0.15, 0.2) is 6.29 Å². The summed E-state index contributed by atoms with van der Waals surface area (Å²) < 4.78 is 9.58. The fraction of sp³-hybridized carbons (Fsp3) is 0.500. The zero-order chi connectivity index (χ0) is 15.7. The van der Waals surface area contributed by atoms with E-state index in [1.54, 1.807) is 0 Å². The molecule has 2 heterocycles. The highest BCUT2D eigenvalue weighted by Gasteiger charge is 2.08. The van der Waals surface area contributed by atoms with Crippen LogP contribution < -0.4 is 0 Å². The molecular weight excluding hydrogens is 276 g/mol. The van der Waals surface area contributed by atoms with Gasteiger partial charge < -0.3 is 25.1 Å². The molecule has 1 aromatic heterocycles. The predicted octanol–water partition coefficient (Wildman–Crippen LogP) is 1.30. The number of rotatable bonds is 4. The first kappa shape index (κ1) is 17.2. The van der Waals surface area contributed by atoms with E-state index in [1.165, 1.54) is 25.4 Å². The molecule has 21 heavy (non-hydrogen) atoms. The molecule has 1 saturated heterocycles. The summed E-state index contributed by atoms with van der Waals surface area (Å²) in [6.45, 7) is 0.858. The molecule has 7 nitrogen and oxygen atoms in total. The van der Waals surface area contributed by atoms with Crippen LogP contribution in [0.1, 0.15) is 35.3 Å². The first-order valence-electron chi connectivity index (χ1n) is 6.60. The lowest BCUT2D eigenvalue weighted by molar-refractivity contribution is -0.123. The number of carbonyl (C=O) groups is 1. The highest BCUT2D eigenvalue weighted by Crippen LogP contribution is 2.08. The third-order valence-electron chi connectivity index (χ3n) is 2.76. The molecule has 3 N–H and O–H groups in total. The van der Waals surface area contributed by atoms with Crippen molar-refractivity contribution < 1.29 is 24.5 Å². The number of nitrogens with one attached hydrogen (secondary N) is 1. The average Bonchev–Trinajstić information content (AvgIpc) is 2.49. The Morgan fingerprint density at radius 3 is 2.81 bits per heavy atom. The first-order chi connectivity index (χ1) is 10.0. The van der Waals surface area contributed by atoms with Gasteiger partial charge in [0.1, 0.15) is 0 Å². The largest absolute Gasteiger partial charge is 0.478 e. The van der Waals surface area contributed by atoms with Gasteiger partial charge in [0.2, 0.25) is 0 Å². The Labute approximate surface area is 123 Å². The Morgan fingerprint density at radius 2 is 2.33 bits per heavy atom. The van der Waals surface area contributed by atoms with Crippen molar-refractivity contribution in [1.82, 2.24) is 4.98 Å². The van der Waals surface area contributed by atoms with E-state index in [4.69, 9.17) is 25.1 Å². The number of methoxy groups -OCH3 is 1. The van der Waals surface area contributed by atoms with Gasteiger partial charge in [-0.15, -0.1) is 0 Å². The van der Waals surface area contributed by atoms with E-state index in [1.807, 2.05) is 0 Å². The molecule has 1 atom stereocenters. The van der Waals surface area contributed by atoms with Crippen LogP contribution in [-0.4, -0.2) is 53.5 Å². The van der Waals surface area contributed by atoms with E-state index in [2.05, 4.69) is 4.98 Å². The van der Waals surface area contributed by atoms with Gasteiger partial charge in [-0.3, -0.25) is 4.98 Å². The summed E-state index contributed by atoms with van der Waals surface area (Å²) in [4.78, 5) is 14.5. The number of aliphatic hydroxyl groups excluding tert-OH is 1. The maximum Gasteiger partial charge on any atom is 0.335 e. The third-order valence-corrected chi connectivity index (χ3v) is 2.76. The number of carboxylic acid groups (broad SMARTS) is 1. The summed E-state index contributed by atoms with van der Waals surface area (Å²) in [5, 5.41) is 24.9. The summed E-state index contributed by atoms with van der Waals surface area (Å²) in [5.41, 5.74) is 0.609. The summed E-state index contributed by atoms with van der Waals surface area (Å²) in [7, 11) is 1.47. The number of nitrogens with zero attached hydrogens (tertiary/aromatic N) is 1. The molecule has 7 heteroatoms. The smallest absolute Gasteiger partial charge is 0.335 e. The van der Waals surface area contributed by atoms with E-state index < -0.39 is 12.3 Å². The minimum absolute atomic E-state index is 0.121. The minimum Gasteiger partial charge on any atom is -0.478 e. The minimum atomic E-state index is -1.03. The number of ether oxygens (including phenoxy) is 2. The van der Waals surface area contributed by atoms with Gasteiger partial charge in [-0.25, -0.2) is 4.79 Å². The number of aromatic carboxylic acids is 1. The lowest BCUT2D eigenvalue weighted by atomic mass is 10.2. The molecule has 0 spiro atoms. The van der Waals surface area contributed by atoms with E-state index in [9.17, 15) is 4.79 Å². The Balaban J connectivity index is 0.000000262. The van der Waals surface area contributed by atoms with Crippen molar-refractivity contribution >= 4 is 11.7 Å². The molecule has 0 radical (unpaired) electrons. The maximum atomic E-state index is 10.6. The van der Waals surface area contributed by atoms with Crippen LogP contribution in [0.3, 0.4) is 0 Å². The van der Waals surface area contributed by atoms with Crippen molar-refractivity contribution in [3.8, 4) is 0 Å². The lowest BCUT2D eigenvalue weighted by Crippen LogP contribution is -2.17. The number of aliphatic hydroxyl groups is 1. The van der Waals surface area contributed by atoms with Crippen LogP contribution in [0.25, 0.3) is 0 Å². The second kappa shape index (κ2) is 9.17.